The zero-order valence-electron chi connectivity index (χ0n) is 20.6. The molecule has 2 amide bonds. The number of halogens is 2. The van der Waals surface area contributed by atoms with E-state index in [-0.39, 0.29) is 37.5 Å². The second-order valence-corrected chi connectivity index (χ2v) is 11.3. The van der Waals surface area contributed by atoms with Gasteiger partial charge in [-0.15, -0.1) is 0 Å². The van der Waals surface area contributed by atoms with Crippen LogP contribution in [0.15, 0.2) is 36.4 Å². The van der Waals surface area contributed by atoms with Crippen LogP contribution in [-0.4, -0.2) is 37.9 Å². The lowest BCUT2D eigenvalue weighted by atomic mass is 9.69. The Morgan fingerprint density at radius 2 is 1.61 bits per heavy atom. The van der Waals surface area contributed by atoms with Crippen LogP contribution in [0.1, 0.15) is 67.3 Å². The van der Waals surface area contributed by atoms with Gasteiger partial charge in [-0.3, -0.25) is 9.59 Å². The molecule has 4 aliphatic rings. The van der Waals surface area contributed by atoms with E-state index in [1.54, 1.807) is 42.3 Å². The number of nitrogens with two attached hydrogens (primary N) is 1. The minimum Gasteiger partial charge on any atom is -0.399 e. The summed E-state index contributed by atoms with van der Waals surface area (Å²) in [6.45, 7) is 1.81. The molecule has 190 valence electrons. The predicted molar refractivity (Wildman–Crippen MR) is 137 cm³/mol. The van der Waals surface area contributed by atoms with E-state index < -0.39 is 11.3 Å². The molecule has 0 aromatic heterocycles. The lowest BCUT2D eigenvalue weighted by Crippen LogP contribution is -2.44. The number of piperidine rings is 1. The monoisotopic (exact) mass is 494 g/mol. The molecule has 2 aromatic carbocycles. The zero-order valence-corrected chi connectivity index (χ0v) is 20.6. The number of rotatable bonds is 3. The van der Waals surface area contributed by atoms with Crippen molar-refractivity contribution in [2.45, 2.75) is 62.7 Å². The number of alkyl halides is 2. The van der Waals surface area contributed by atoms with Crippen LogP contribution in [0.5, 0.6) is 0 Å². The Hall–Kier alpha value is -3.16. The normalized spacial score (nSPS) is 23.1. The van der Waals surface area contributed by atoms with Gasteiger partial charge in [-0.1, -0.05) is 0 Å². The summed E-state index contributed by atoms with van der Waals surface area (Å²) >= 11 is 0. The van der Waals surface area contributed by atoms with Crippen molar-refractivity contribution >= 4 is 34.6 Å². The number of hydrogen-bond acceptors (Lipinski definition) is 4. The average Bonchev–Trinajstić information content (AvgIpc) is 3.58. The van der Waals surface area contributed by atoms with Crippen molar-refractivity contribution in [1.29, 1.82) is 0 Å². The number of nitrogen functional groups attached to an aromatic ring is 1. The first-order valence-electron chi connectivity index (χ1n) is 12.9. The van der Waals surface area contributed by atoms with Crippen molar-refractivity contribution in [2.24, 2.45) is 5.41 Å². The molecule has 1 saturated heterocycles. The molecule has 0 radical (unpaired) electrons. The maximum Gasteiger partial charge on any atom is 0.257 e. The number of carbonyl (C=O) groups is 2. The molecule has 3 N–H and O–H groups in total. The van der Waals surface area contributed by atoms with Gasteiger partial charge in [0.05, 0.1) is 16.7 Å². The lowest BCUT2D eigenvalue weighted by Gasteiger charge is -2.36. The van der Waals surface area contributed by atoms with Crippen LogP contribution < -0.4 is 20.9 Å². The van der Waals surface area contributed by atoms with E-state index >= 15 is 0 Å². The van der Waals surface area contributed by atoms with E-state index in [1.807, 2.05) is 6.07 Å². The van der Waals surface area contributed by atoms with Gasteiger partial charge in [-0.25, -0.2) is 8.78 Å². The van der Waals surface area contributed by atoms with Crippen LogP contribution in [-0.2, 0) is 10.2 Å². The molecule has 36 heavy (non-hydrogen) atoms. The third kappa shape index (κ3) is 3.73. The number of likely N-dealkylation sites (N-methyl/N-ethyl adjacent to an activating group) is 1. The molecule has 8 heteroatoms. The first-order chi connectivity index (χ1) is 17.1. The predicted octanol–water partition coefficient (Wildman–Crippen LogP) is 5.33. The number of fused-ring (bicyclic) bond motifs is 2. The quantitative estimate of drug-likeness (QED) is 0.566. The molecular weight excluding hydrogens is 462 g/mol. The fourth-order valence-electron chi connectivity index (χ4n) is 6.46. The minimum absolute atomic E-state index is 0.103. The number of benzene rings is 2. The first-order valence-corrected chi connectivity index (χ1v) is 12.9. The molecule has 3 fully saturated rings. The molecule has 2 heterocycles. The van der Waals surface area contributed by atoms with Crippen molar-refractivity contribution in [1.82, 2.24) is 0 Å². The van der Waals surface area contributed by atoms with E-state index in [0.717, 1.165) is 42.9 Å². The fraction of sp³-hybridized carbons (Fsp3) is 0.500. The third-order valence-corrected chi connectivity index (χ3v) is 9.07. The van der Waals surface area contributed by atoms with E-state index in [9.17, 15) is 18.4 Å². The second kappa shape index (κ2) is 7.92. The smallest absolute Gasteiger partial charge is 0.257 e. The van der Waals surface area contributed by atoms with Gasteiger partial charge in [0.1, 0.15) is 0 Å². The molecule has 2 aromatic rings. The summed E-state index contributed by atoms with van der Waals surface area (Å²) in [5, 5.41) is 3.00. The van der Waals surface area contributed by atoms with Crippen LogP contribution in [0.25, 0.3) is 0 Å². The van der Waals surface area contributed by atoms with Gasteiger partial charge in [0.25, 0.3) is 5.91 Å². The summed E-state index contributed by atoms with van der Waals surface area (Å²) < 4.78 is 27.9. The molecule has 0 unspecified atom stereocenters. The highest BCUT2D eigenvalue weighted by molar-refractivity contribution is 6.11. The molecule has 2 saturated carbocycles. The maximum atomic E-state index is 14.0. The summed E-state index contributed by atoms with van der Waals surface area (Å²) in [5.74, 6) is -3.13. The summed E-state index contributed by atoms with van der Waals surface area (Å²) in [7, 11) is 1.69. The van der Waals surface area contributed by atoms with Gasteiger partial charge in [0, 0.05) is 50.0 Å². The lowest BCUT2D eigenvalue weighted by molar-refractivity contribution is -0.127. The van der Waals surface area contributed by atoms with Crippen LogP contribution in [0.4, 0.5) is 31.5 Å². The molecule has 2 aliphatic carbocycles. The van der Waals surface area contributed by atoms with Crippen molar-refractivity contribution in [2.75, 3.05) is 41.0 Å². The maximum absolute atomic E-state index is 14.0. The van der Waals surface area contributed by atoms with Crippen molar-refractivity contribution in [3.05, 3.63) is 47.5 Å². The number of hydrogen-bond donors (Lipinski definition) is 2. The van der Waals surface area contributed by atoms with Crippen LogP contribution in [0.2, 0.25) is 0 Å². The summed E-state index contributed by atoms with van der Waals surface area (Å²) in [6.07, 6.45) is 4.47. The van der Waals surface area contributed by atoms with E-state index in [0.29, 0.717) is 22.4 Å². The number of amides is 2. The number of nitrogens with one attached hydrogen (secondary N) is 1. The molecule has 2 spiro atoms. The van der Waals surface area contributed by atoms with E-state index in [4.69, 9.17) is 5.73 Å². The Kier molecular flexibility index (Phi) is 5.11. The molecule has 0 atom stereocenters. The summed E-state index contributed by atoms with van der Waals surface area (Å²) in [4.78, 5) is 30.5. The zero-order chi connectivity index (χ0) is 25.3. The number of carbonyl (C=O) groups excluding carboxylic acids is 2. The van der Waals surface area contributed by atoms with Crippen LogP contribution in [0.3, 0.4) is 0 Å². The van der Waals surface area contributed by atoms with Gasteiger partial charge >= 0.3 is 0 Å². The standard InChI is InChI=1S/C28H32F2N4O2/c1-33-22-5-3-19(17-21(22)27(25(33)36)8-10-28(29,30)11-9-27)32-24(35)20-4-2-18(31)16-23(20)34-14-12-26(6-7-26)13-15-34/h2-5,16-17H,6-15,31H2,1H3,(H,32,35). The molecule has 6 rings (SSSR count). The van der Waals surface area contributed by atoms with Gasteiger partial charge < -0.3 is 20.9 Å². The van der Waals surface area contributed by atoms with Crippen molar-refractivity contribution in [3.63, 3.8) is 0 Å². The topological polar surface area (TPSA) is 78.7 Å². The molecule has 0 bridgehead atoms. The van der Waals surface area contributed by atoms with E-state index in [1.165, 1.54) is 12.8 Å². The molecular formula is C28H32F2N4O2. The highest BCUT2D eigenvalue weighted by atomic mass is 19.3. The van der Waals surface area contributed by atoms with Crippen LogP contribution in [0, 0.1) is 5.41 Å². The summed E-state index contributed by atoms with van der Waals surface area (Å²) in [6, 6.07) is 10.7. The Labute approximate surface area is 209 Å². The van der Waals surface area contributed by atoms with E-state index in [2.05, 4.69) is 10.2 Å². The second-order valence-electron chi connectivity index (χ2n) is 11.3. The fourth-order valence-corrected chi connectivity index (χ4v) is 6.46. The Balaban J connectivity index is 1.27. The Bertz CT molecular complexity index is 1240. The van der Waals surface area contributed by atoms with Gasteiger partial charge in [0.15, 0.2) is 0 Å². The third-order valence-electron chi connectivity index (χ3n) is 9.07. The van der Waals surface area contributed by atoms with Gasteiger partial charge in [-0.05, 0) is 85.9 Å². The number of anilines is 4. The van der Waals surface area contributed by atoms with Crippen LogP contribution >= 0.6 is 0 Å². The average molecular weight is 495 g/mol. The number of nitrogens with zero attached hydrogens (tertiary/aromatic N) is 2. The Morgan fingerprint density at radius 3 is 2.28 bits per heavy atom. The molecule has 2 aliphatic heterocycles. The largest absolute Gasteiger partial charge is 0.399 e. The Morgan fingerprint density at radius 1 is 0.917 bits per heavy atom. The SMILES string of the molecule is CN1C(=O)C2(CCC(F)(F)CC2)c2cc(NC(=O)c3ccc(N)cc3N3CCC4(CC3)CC4)ccc21. The highest BCUT2D eigenvalue weighted by Gasteiger charge is 2.54. The first kappa shape index (κ1) is 23.3. The van der Waals surface area contributed by atoms with Crippen molar-refractivity contribution < 1.29 is 18.4 Å². The van der Waals surface area contributed by atoms with Crippen molar-refractivity contribution in [3.8, 4) is 0 Å². The van der Waals surface area contributed by atoms with Gasteiger partial charge in [-0.2, -0.15) is 0 Å². The summed E-state index contributed by atoms with van der Waals surface area (Å²) in [5.41, 5.74) is 9.66. The highest BCUT2D eigenvalue weighted by Crippen LogP contribution is 2.55. The minimum atomic E-state index is -2.74. The molecule has 6 nitrogen and oxygen atoms in total. The van der Waals surface area contributed by atoms with Gasteiger partial charge in [0.2, 0.25) is 11.8 Å².